The molecular formula is C18H27NO. The predicted octanol–water partition coefficient (Wildman–Crippen LogP) is 4.31. The summed E-state index contributed by atoms with van der Waals surface area (Å²) in [6.45, 7) is 5.60. The summed E-state index contributed by atoms with van der Waals surface area (Å²) in [6, 6.07) is 9.02. The maximum absolute atomic E-state index is 6.36. The van der Waals surface area contributed by atoms with Gasteiger partial charge in [-0.1, -0.05) is 44.9 Å². The number of hydrogen-bond donors (Lipinski definition) is 1. The van der Waals surface area contributed by atoms with Gasteiger partial charge in [0, 0.05) is 18.0 Å². The molecule has 110 valence electrons. The molecule has 20 heavy (non-hydrogen) atoms. The quantitative estimate of drug-likeness (QED) is 0.886. The van der Waals surface area contributed by atoms with Crippen molar-refractivity contribution in [2.24, 2.45) is 11.8 Å². The standard InChI is InChI=1S/C18H27NO/c1-3-19-16-12-18(14-8-6-7-13(2)11-14)20-17-10-5-4-9-15(16)17/h4-5,9-10,13-14,16,18-19H,3,6-8,11-12H2,1-2H3. The van der Waals surface area contributed by atoms with Crippen molar-refractivity contribution in [1.29, 1.82) is 0 Å². The van der Waals surface area contributed by atoms with Gasteiger partial charge in [-0.15, -0.1) is 0 Å². The number of ether oxygens (including phenoxy) is 1. The van der Waals surface area contributed by atoms with E-state index in [0.29, 0.717) is 12.1 Å². The van der Waals surface area contributed by atoms with Gasteiger partial charge in [0.15, 0.2) is 0 Å². The molecule has 4 atom stereocenters. The highest BCUT2D eigenvalue weighted by Gasteiger charge is 2.34. The Labute approximate surface area is 122 Å². The molecular weight excluding hydrogens is 246 g/mol. The Morgan fingerprint density at radius 1 is 1.20 bits per heavy atom. The second-order valence-corrected chi connectivity index (χ2v) is 6.57. The van der Waals surface area contributed by atoms with Crippen molar-refractivity contribution < 1.29 is 4.74 Å². The molecule has 1 heterocycles. The van der Waals surface area contributed by atoms with Crippen molar-refractivity contribution in [3.05, 3.63) is 29.8 Å². The maximum Gasteiger partial charge on any atom is 0.124 e. The first kappa shape index (κ1) is 13.9. The molecule has 0 radical (unpaired) electrons. The minimum atomic E-state index is 0.400. The molecule has 4 unspecified atom stereocenters. The molecule has 1 aliphatic heterocycles. The number of para-hydroxylation sites is 1. The van der Waals surface area contributed by atoms with Crippen LogP contribution in [0.4, 0.5) is 0 Å². The van der Waals surface area contributed by atoms with Crippen LogP contribution in [0.2, 0.25) is 0 Å². The second kappa shape index (κ2) is 6.17. The third kappa shape index (κ3) is 2.85. The van der Waals surface area contributed by atoms with E-state index in [1.54, 1.807) is 0 Å². The number of hydrogen-bond acceptors (Lipinski definition) is 2. The summed E-state index contributed by atoms with van der Waals surface area (Å²) in [5, 5.41) is 3.64. The summed E-state index contributed by atoms with van der Waals surface area (Å²) in [7, 11) is 0. The molecule has 3 rings (SSSR count). The predicted molar refractivity (Wildman–Crippen MR) is 83.0 cm³/mol. The van der Waals surface area contributed by atoms with Crippen molar-refractivity contribution in [2.75, 3.05) is 6.54 Å². The smallest absolute Gasteiger partial charge is 0.124 e. The van der Waals surface area contributed by atoms with E-state index >= 15 is 0 Å². The molecule has 0 bridgehead atoms. The van der Waals surface area contributed by atoms with Crippen LogP contribution < -0.4 is 10.1 Å². The Kier molecular flexibility index (Phi) is 4.30. The molecule has 1 aliphatic carbocycles. The van der Waals surface area contributed by atoms with Crippen molar-refractivity contribution in [2.45, 2.75) is 58.1 Å². The Morgan fingerprint density at radius 3 is 2.85 bits per heavy atom. The van der Waals surface area contributed by atoms with Gasteiger partial charge in [-0.2, -0.15) is 0 Å². The fourth-order valence-corrected chi connectivity index (χ4v) is 3.99. The lowest BCUT2D eigenvalue weighted by Gasteiger charge is -2.39. The van der Waals surface area contributed by atoms with Crippen LogP contribution >= 0.6 is 0 Å². The highest BCUT2D eigenvalue weighted by molar-refractivity contribution is 5.38. The molecule has 1 saturated carbocycles. The number of fused-ring (bicyclic) bond motifs is 1. The van der Waals surface area contributed by atoms with E-state index in [2.05, 4.69) is 43.4 Å². The van der Waals surface area contributed by atoms with E-state index in [-0.39, 0.29) is 0 Å². The van der Waals surface area contributed by atoms with Gasteiger partial charge in [-0.3, -0.25) is 0 Å². The van der Waals surface area contributed by atoms with Gasteiger partial charge in [0.05, 0.1) is 0 Å². The first-order valence-corrected chi connectivity index (χ1v) is 8.27. The molecule has 0 saturated heterocycles. The maximum atomic E-state index is 6.36. The molecule has 1 fully saturated rings. The highest BCUT2D eigenvalue weighted by atomic mass is 16.5. The Balaban J connectivity index is 1.78. The molecule has 2 aliphatic rings. The van der Waals surface area contributed by atoms with Crippen LogP contribution in [-0.4, -0.2) is 12.6 Å². The van der Waals surface area contributed by atoms with Crippen LogP contribution in [0, 0.1) is 11.8 Å². The Hall–Kier alpha value is -1.02. The van der Waals surface area contributed by atoms with E-state index in [4.69, 9.17) is 4.74 Å². The Bertz CT molecular complexity index is 445. The average molecular weight is 273 g/mol. The first-order chi connectivity index (χ1) is 9.78. The summed E-state index contributed by atoms with van der Waals surface area (Å²) in [5.74, 6) is 2.72. The zero-order valence-electron chi connectivity index (χ0n) is 12.8. The van der Waals surface area contributed by atoms with E-state index in [1.165, 1.54) is 31.2 Å². The lowest BCUT2D eigenvalue weighted by molar-refractivity contribution is 0.0619. The zero-order valence-corrected chi connectivity index (χ0v) is 12.8. The summed E-state index contributed by atoms with van der Waals surface area (Å²) in [4.78, 5) is 0. The molecule has 0 aromatic heterocycles. The molecule has 0 amide bonds. The largest absolute Gasteiger partial charge is 0.490 e. The van der Waals surface area contributed by atoms with Crippen molar-refractivity contribution in [3.63, 3.8) is 0 Å². The number of nitrogens with one attached hydrogen (secondary N) is 1. The van der Waals surface area contributed by atoms with Gasteiger partial charge in [-0.25, -0.2) is 0 Å². The summed E-state index contributed by atoms with van der Waals surface area (Å²) in [5.41, 5.74) is 1.34. The second-order valence-electron chi connectivity index (χ2n) is 6.57. The topological polar surface area (TPSA) is 21.3 Å². The zero-order chi connectivity index (χ0) is 13.9. The minimum Gasteiger partial charge on any atom is -0.490 e. The minimum absolute atomic E-state index is 0.400. The highest BCUT2D eigenvalue weighted by Crippen LogP contribution is 2.41. The van der Waals surface area contributed by atoms with E-state index < -0.39 is 0 Å². The normalized spacial score (nSPS) is 33.3. The van der Waals surface area contributed by atoms with Crippen LogP contribution in [-0.2, 0) is 0 Å². The van der Waals surface area contributed by atoms with Crippen molar-refractivity contribution in [1.82, 2.24) is 5.32 Å². The van der Waals surface area contributed by atoms with Gasteiger partial charge in [0.2, 0.25) is 0 Å². The van der Waals surface area contributed by atoms with Gasteiger partial charge in [-0.05, 0) is 37.3 Å². The summed E-state index contributed by atoms with van der Waals surface area (Å²) in [6.07, 6.45) is 6.98. The first-order valence-electron chi connectivity index (χ1n) is 8.27. The lowest BCUT2D eigenvalue weighted by atomic mass is 9.77. The molecule has 2 heteroatoms. The van der Waals surface area contributed by atoms with Gasteiger partial charge in [0.25, 0.3) is 0 Å². The SMILES string of the molecule is CCNC1CC(C2CCCC(C)C2)Oc2ccccc21. The molecule has 1 aromatic carbocycles. The lowest BCUT2D eigenvalue weighted by Crippen LogP contribution is -2.38. The van der Waals surface area contributed by atoms with Crippen LogP contribution in [0.5, 0.6) is 5.75 Å². The molecule has 1 N–H and O–H groups in total. The fourth-order valence-electron chi connectivity index (χ4n) is 3.99. The summed E-state index contributed by atoms with van der Waals surface area (Å²) < 4.78 is 6.36. The fraction of sp³-hybridized carbons (Fsp3) is 0.667. The summed E-state index contributed by atoms with van der Waals surface area (Å²) >= 11 is 0. The van der Waals surface area contributed by atoms with E-state index in [9.17, 15) is 0 Å². The van der Waals surface area contributed by atoms with E-state index in [1.807, 2.05) is 0 Å². The van der Waals surface area contributed by atoms with Crippen LogP contribution in [0.25, 0.3) is 0 Å². The number of rotatable bonds is 3. The van der Waals surface area contributed by atoms with Gasteiger partial charge < -0.3 is 10.1 Å². The van der Waals surface area contributed by atoms with Crippen LogP contribution in [0.1, 0.15) is 57.6 Å². The monoisotopic (exact) mass is 273 g/mol. The van der Waals surface area contributed by atoms with Gasteiger partial charge in [0.1, 0.15) is 11.9 Å². The van der Waals surface area contributed by atoms with Crippen molar-refractivity contribution in [3.8, 4) is 5.75 Å². The molecule has 1 aromatic rings. The number of benzene rings is 1. The van der Waals surface area contributed by atoms with Crippen LogP contribution in [0.3, 0.4) is 0 Å². The van der Waals surface area contributed by atoms with E-state index in [0.717, 1.165) is 30.6 Å². The van der Waals surface area contributed by atoms with Crippen molar-refractivity contribution >= 4 is 0 Å². The van der Waals surface area contributed by atoms with Gasteiger partial charge >= 0.3 is 0 Å². The third-order valence-corrected chi connectivity index (χ3v) is 4.99. The Morgan fingerprint density at radius 2 is 2.05 bits per heavy atom. The molecule has 2 nitrogen and oxygen atoms in total. The average Bonchev–Trinajstić information content (AvgIpc) is 2.47. The third-order valence-electron chi connectivity index (χ3n) is 4.99. The van der Waals surface area contributed by atoms with Crippen LogP contribution in [0.15, 0.2) is 24.3 Å². The molecule has 0 spiro atoms.